The number of anilines is 1. The maximum atomic E-state index is 14.7. The zero-order valence-corrected chi connectivity index (χ0v) is 16.5. The number of aromatic nitrogens is 3. The molecule has 0 aliphatic rings. The minimum absolute atomic E-state index is 0.0645. The summed E-state index contributed by atoms with van der Waals surface area (Å²) in [5, 5.41) is 0.407. The standard InChI is InChI=1S/C20H18F6N4O2/c21-15-9-12-11(4-6-30(18(12)31)5-2-1-3-7-32-19(22)23)8-13(15)17-28-10-14(16(27)29-17)20(24,25)26/h4,6,8-10,19H,1-3,5,7H2,(H2,27,28,29). The molecule has 3 rings (SSSR count). The van der Waals surface area contributed by atoms with Crippen molar-refractivity contribution in [1.82, 2.24) is 14.5 Å². The molecule has 1 aromatic carbocycles. The van der Waals surface area contributed by atoms with Crippen LogP contribution in [-0.2, 0) is 17.5 Å². The van der Waals surface area contributed by atoms with Crippen molar-refractivity contribution in [2.24, 2.45) is 0 Å². The summed E-state index contributed by atoms with van der Waals surface area (Å²) in [7, 11) is 0. The number of rotatable bonds is 8. The Bertz CT molecular complexity index is 1160. The summed E-state index contributed by atoms with van der Waals surface area (Å²) in [4.78, 5) is 19.8. The van der Waals surface area contributed by atoms with Crippen molar-refractivity contribution in [3.05, 3.63) is 52.3 Å². The molecule has 172 valence electrons. The summed E-state index contributed by atoms with van der Waals surface area (Å²) in [5.74, 6) is -2.07. The highest BCUT2D eigenvalue weighted by atomic mass is 19.4. The summed E-state index contributed by atoms with van der Waals surface area (Å²) in [6.45, 7) is -2.61. The summed E-state index contributed by atoms with van der Waals surface area (Å²) in [6.07, 6.45) is -1.30. The molecule has 12 heteroatoms. The predicted octanol–water partition coefficient (Wildman–Crippen LogP) is 4.61. The minimum atomic E-state index is -4.74. The minimum Gasteiger partial charge on any atom is -0.383 e. The van der Waals surface area contributed by atoms with Gasteiger partial charge in [0.15, 0.2) is 5.82 Å². The number of nitrogen functional groups attached to an aromatic ring is 1. The quantitative estimate of drug-likeness (QED) is 0.392. The number of ether oxygens (including phenoxy) is 1. The molecule has 32 heavy (non-hydrogen) atoms. The first-order chi connectivity index (χ1) is 15.1. The fourth-order valence-corrected chi connectivity index (χ4v) is 3.13. The molecular formula is C20H18F6N4O2. The van der Waals surface area contributed by atoms with E-state index in [0.717, 1.165) is 6.07 Å². The van der Waals surface area contributed by atoms with Gasteiger partial charge in [0.1, 0.15) is 17.2 Å². The van der Waals surface area contributed by atoms with Crippen LogP contribution < -0.4 is 11.3 Å². The molecule has 0 spiro atoms. The predicted molar refractivity (Wildman–Crippen MR) is 104 cm³/mol. The Morgan fingerprint density at radius 2 is 1.91 bits per heavy atom. The molecule has 0 aliphatic carbocycles. The molecular weight excluding hydrogens is 442 g/mol. The number of fused-ring (bicyclic) bond motifs is 1. The van der Waals surface area contributed by atoms with Crippen LogP contribution in [0.25, 0.3) is 22.2 Å². The van der Waals surface area contributed by atoms with E-state index in [1.54, 1.807) is 6.07 Å². The fourth-order valence-electron chi connectivity index (χ4n) is 3.13. The van der Waals surface area contributed by atoms with E-state index in [0.29, 0.717) is 37.4 Å². The molecule has 2 N–H and O–H groups in total. The largest absolute Gasteiger partial charge is 0.421 e. The van der Waals surface area contributed by atoms with Crippen LogP contribution in [0.15, 0.2) is 35.4 Å². The highest BCUT2D eigenvalue weighted by molar-refractivity contribution is 5.86. The molecule has 0 amide bonds. The lowest BCUT2D eigenvalue weighted by molar-refractivity contribution is -0.137. The second kappa shape index (κ2) is 9.55. The average molecular weight is 460 g/mol. The normalized spacial score (nSPS) is 12.1. The van der Waals surface area contributed by atoms with Gasteiger partial charge in [-0.3, -0.25) is 4.79 Å². The van der Waals surface area contributed by atoms with Gasteiger partial charge in [-0.05, 0) is 42.8 Å². The third kappa shape index (κ3) is 5.36. The molecule has 0 aliphatic heterocycles. The van der Waals surface area contributed by atoms with Gasteiger partial charge in [-0.15, -0.1) is 0 Å². The molecule has 3 aromatic rings. The van der Waals surface area contributed by atoms with E-state index in [-0.39, 0.29) is 23.4 Å². The van der Waals surface area contributed by atoms with Crippen LogP contribution in [0.5, 0.6) is 0 Å². The second-order valence-corrected chi connectivity index (χ2v) is 6.92. The van der Waals surface area contributed by atoms with Crippen molar-refractivity contribution in [1.29, 1.82) is 0 Å². The van der Waals surface area contributed by atoms with E-state index in [4.69, 9.17) is 5.73 Å². The topological polar surface area (TPSA) is 83.0 Å². The summed E-state index contributed by atoms with van der Waals surface area (Å²) >= 11 is 0. The van der Waals surface area contributed by atoms with E-state index in [2.05, 4.69) is 14.7 Å². The molecule has 0 saturated carbocycles. The second-order valence-electron chi connectivity index (χ2n) is 6.92. The smallest absolute Gasteiger partial charge is 0.383 e. The number of halogens is 6. The van der Waals surface area contributed by atoms with Crippen LogP contribution in [0, 0.1) is 5.82 Å². The van der Waals surface area contributed by atoms with E-state index in [1.165, 1.54) is 16.8 Å². The van der Waals surface area contributed by atoms with Crippen LogP contribution >= 0.6 is 0 Å². The van der Waals surface area contributed by atoms with E-state index in [9.17, 15) is 31.1 Å². The number of hydrogen-bond acceptors (Lipinski definition) is 5. The number of unbranched alkanes of at least 4 members (excludes halogenated alkanes) is 2. The summed E-state index contributed by atoms with van der Waals surface area (Å²) < 4.78 is 82.5. The van der Waals surface area contributed by atoms with Crippen molar-refractivity contribution < 1.29 is 31.1 Å². The van der Waals surface area contributed by atoms with Gasteiger partial charge in [-0.2, -0.15) is 22.0 Å². The van der Waals surface area contributed by atoms with Gasteiger partial charge >= 0.3 is 12.8 Å². The van der Waals surface area contributed by atoms with E-state index in [1.807, 2.05) is 0 Å². The van der Waals surface area contributed by atoms with E-state index >= 15 is 0 Å². The van der Waals surface area contributed by atoms with Crippen LogP contribution in [0.1, 0.15) is 24.8 Å². The monoisotopic (exact) mass is 460 g/mol. The molecule has 0 unspecified atom stereocenters. The molecule has 0 radical (unpaired) electrons. The van der Waals surface area contributed by atoms with Crippen molar-refractivity contribution in [2.75, 3.05) is 12.3 Å². The van der Waals surface area contributed by atoms with Crippen molar-refractivity contribution >= 4 is 16.6 Å². The number of aryl methyl sites for hydroxylation is 1. The Morgan fingerprint density at radius 1 is 1.16 bits per heavy atom. The van der Waals surface area contributed by atoms with Crippen molar-refractivity contribution in [2.45, 2.75) is 38.6 Å². The Balaban J connectivity index is 1.81. The van der Waals surface area contributed by atoms with Crippen LogP contribution in [0.4, 0.5) is 32.2 Å². The molecule has 2 aromatic heterocycles. The first kappa shape index (κ1) is 23.5. The van der Waals surface area contributed by atoms with E-state index < -0.39 is 35.5 Å². The third-order valence-corrected chi connectivity index (χ3v) is 4.72. The first-order valence-corrected chi connectivity index (χ1v) is 9.50. The lowest BCUT2D eigenvalue weighted by Crippen LogP contribution is -2.20. The SMILES string of the molecule is Nc1nc(-c2cc3ccn(CCCCCOC(F)F)c(=O)c3cc2F)ncc1C(F)(F)F. The van der Waals surface area contributed by atoms with Gasteiger partial charge in [0.2, 0.25) is 0 Å². The van der Waals surface area contributed by atoms with Gasteiger partial charge in [0.05, 0.1) is 17.6 Å². The molecule has 0 bridgehead atoms. The van der Waals surface area contributed by atoms with Crippen LogP contribution in [0.3, 0.4) is 0 Å². The number of hydrogen-bond donors (Lipinski definition) is 1. The Labute approximate surface area is 177 Å². The average Bonchev–Trinajstić information content (AvgIpc) is 2.71. The zero-order valence-electron chi connectivity index (χ0n) is 16.5. The number of nitrogens with two attached hydrogens (primary N) is 1. The molecule has 6 nitrogen and oxygen atoms in total. The van der Waals surface area contributed by atoms with Gasteiger partial charge in [-0.25, -0.2) is 14.4 Å². The number of nitrogens with zero attached hydrogens (tertiary/aromatic N) is 3. The Hall–Kier alpha value is -3.15. The maximum Gasteiger partial charge on any atom is 0.421 e. The van der Waals surface area contributed by atoms with Gasteiger partial charge < -0.3 is 15.0 Å². The Kier molecular flexibility index (Phi) is 7.02. The van der Waals surface area contributed by atoms with Crippen LogP contribution in [-0.4, -0.2) is 27.8 Å². The Morgan fingerprint density at radius 3 is 2.56 bits per heavy atom. The van der Waals surface area contributed by atoms with Gasteiger partial charge in [-0.1, -0.05) is 0 Å². The molecule has 0 saturated heterocycles. The summed E-state index contributed by atoms with van der Waals surface area (Å²) in [5.41, 5.74) is 3.45. The number of alkyl halides is 5. The van der Waals surface area contributed by atoms with Crippen molar-refractivity contribution in [3.8, 4) is 11.4 Å². The summed E-state index contributed by atoms with van der Waals surface area (Å²) in [6, 6.07) is 3.78. The first-order valence-electron chi connectivity index (χ1n) is 9.50. The molecule has 2 heterocycles. The lowest BCUT2D eigenvalue weighted by Gasteiger charge is -2.11. The number of benzene rings is 1. The van der Waals surface area contributed by atoms with Crippen LogP contribution in [0.2, 0.25) is 0 Å². The number of pyridine rings is 1. The third-order valence-electron chi connectivity index (χ3n) is 4.72. The zero-order chi connectivity index (χ0) is 23.5. The van der Waals surface area contributed by atoms with Gasteiger partial charge in [0.25, 0.3) is 5.56 Å². The van der Waals surface area contributed by atoms with Crippen molar-refractivity contribution in [3.63, 3.8) is 0 Å². The molecule has 0 atom stereocenters. The fraction of sp³-hybridized carbons (Fsp3) is 0.350. The molecule has 0 fully saturated rings. The van der Waals surface area contributed by atoms with Gasteiger partial charge in [0, 0.05) is 18.9 Å². The lowest BCUT2D eigenvalue weighted by atomic mass is 10.1. The highest BCUT2D eigenvalue weighted by Crippen LogP contribution is 2.33. The maximum absolute atomic E-state index is 14.7. The highest BCUT2D eigenvalue weighted by Gasteiger charge is 2.34.